The second-order valence-electron chi connectivity index (χ2n) is 4.37. The van der Waals surface area contributed by atoms with E-state index in [-0.39, 0.29) is 24.0 Å². The molecular weight excluding hydrogens is 164 g/mol. The van der Waals surface area contributed by atoms with E-state index in [1.165, 1.54) is 0 Å². The van der Waals surface area contributed by atoms with E-state index in [2.05, 4.69) is 32.9 Å². The van der Waals surface area contributed by atoms with Crippen LogP contribution in [0.1, 0.15) is 27.2 Å². The van der Waals surface area contributed by atoms with Gasteiger partial charge in [-0.3, -0.25) is 0 Å². The summed E-state index contributed by atoms with van der Waals surface area (Å²) in [7, 11) is 0. The molecule has 3 unspecified atom stereocenters. The topological polar surface area (TPSA) is 29.5 Å². The smallest absolute Gasteiger partial charge is 0.0818 e. The highest BCUT2D eigenvalue weighted by Gasteiger charge is 2.51. The highest BCUT2D eigenvalue weighted by atomic mass is 16.5. The van der Waals surface area contributed by atoms with Crippen molar-refractivity contribution in [2.45, 2.75) is 45.0 Å². The van der Waals surface area contributed by atoms with E-state index < -0.39 is 5.60 Å². The van der Waals surface area contributed by atoms with Crippen LogP contribution in [0.25, 0.3) is 0 Å². The van der Waals surface area contributed by atoms with Gasteiger partial charge in [-0.05, 0) is 6.42 Å². The summed E-state index contributed by atoms with van der Waals surface area (Å²) in [6.07, 6.45) is 5.27. The Morgan fingerprint density at radius 1 is 1.23 bits per heavy atom. The number of hydrogen-bond donors (Lipinski definition) is 1. The van der Waals surface area contributed by atoms with Gasteiger partial charge in [0.15, 0.2) is 0 Å². The first-order valence-corrected chi connectivity index (χ1v) is 5.15. The van der Waals surface area contributed by atoms with Crippen molar-refractivity contribution in [2.75, 3.05) is 0 Å². The normalized spacial score (nSPS) is 54.2. The highest BCUT2D eigenvalue weighted by Crippen LogP contribution is 2.44. The fourth-order valence-corrected chi connectivity index (χ4v) is 2.69. The molecule has 0 saturated carbocycles. The van der Waals surface area contributed by atoms with Crippen molar-refractivity contribution in [3.63, 3.8) is 0 Å². The molecular formula is C11H18O2. The van der Waals surface area contributed by atoms with Gasteiger partial charge in [-0.2, -0.15) is 0 Å². The molecule has 0 aromatic carbocycles. The number of hydrogen-bond acceptors (Lipinski definition) is 2. The predicted molar refractivity (Wildman–Crippen MR) is 51.4 cm³/mol. The van der Waals surface area contributed by atoms with Gasteiger partial charge >= 0.3 is 0 Å². The Hall–Kier alpha value is -0.340. The maximum Gasteiger partial charge on any atom is 0.0818 e. The molecule has 2 nitrogen and oxygen atoms in total. The SMILES string of the molecule is CC[C@]1(O)C(C)C2C=CC(O2)[C@H]1C. The van der Waals surface area contributed by atoms with Crippen LogP contribution >= 0.6 is 0 Å². The Morgan fingerprint density at radius 3 is 2.08 bits per heavy atom. The summed E-state index contributed by atoms with van der Waals surface area (Å²) >= 11 is 0. The third kappa shape index (κ3) is 1.09. The minimum atomic E-state index is -0.545. The van der Waals surface area contributed by atoms with Gasteiger partial charge in [0.25, 0.3) is 0 Å². The number of fused-ring (bicyclic) bond motifs is 2. The zero-order chi connectivity index (χ0) is 9.64. The van der Waals surface area contributed by atoms with E-state index in [1.807, 2.05) is 0 Å². The van der Waals surface area contributed by atoms with Crippen LogP contribution in [0.3, 0.4) is 0 Å². The Labute approximate surface area is 79.6 Å². The van der Waals surface area contributed by atoms with Crippen LogP contribution in [0.2, 0.25) is 0 Å². The van der Waals surface area contributed by atoms with Crippen molar-refractivity contribution >= 4 is 0 Å². The first-order valence-electron chi connectivity index (χ1n) is 5.15. The average molecular weight is 182 g/mol. The molecule has 0 aliphatic carbocycles. The van der Waals surface area contributed by atoms with Crippen LogP contribution in [0.5, 0.6) is 0 Å². The molecule has 0 radical (unpaired) electrons. The van der Waals surface area contributed by atoms with Crippen molar-refractivity contribution in [1.82, 2.24) is 0 Å². The highest BCUT2D eigenvalue weighted by molar-refractivity contribution is 5.15. The molecule has 2 bridgehead atoms. The maximum atomic E-state index is 10.5. The predicted octanol–water partition coefficient (Wildman–Crippen LogP) is 1.74. The largest absolute Gasteiger partial charge is 0.389 e. The number of rotatable bonds is 1. The van der Waals surface area contributed by atoms with Crippen LogP contribution in [0.4, 0.5) is 0 Å². The lowest BCUT2D eigenvalue weighted by Gasteiger charge is -2.46. The minimum Gasteiger partial charge on any atom is -0.389 e. The first-order chi connectivity index (χ1) is 6.09. The van der Waals surface area contributed by atoms with E-state index >= 15 is 0 Å². The number of ether oxygens (including phenoxy) is 1. The first kappa shape index (κ1) is 9.22. The lowest BCUT2D eigenvalue weighted by molar-refractivity contribution is -0.182. The lowest BCUT2D eigenvalue weighted by atomic mass is 9.72. The summed E-state index contributed by atoms with van der Waals surface area (Å²) in [5.74, 6) is 0.421. The summed E-state index contributed by atoms with van der Waals surface area (Å²) < 4.78 is 5.75. The summed E-state index contributed by atoms with van der Waals surface area (Å²) in [4.78, 5) is 0. The second kappa shape index (κ2) is 2.82. The molecule has 2 heteroatoms. The molecule has 2 heterocycles. The Kier molecular flexibility index (Phi) is 2.00. The van der Waals surface area contributed by atoms with Crippen molar-refractivity contribution in [1.29, 1.82) is 0 Å². The van der Waals surface area contributed by atoms with Crippen LogP contribution in [-0.4, -0.2) is 22.9 Å². The van der Waals surface area contributed by atoms with Gasteiger partial charge in [0.05, 0.1) is 17.8 Å². The Bertz CT molecular complexity index is 216. The average Bonchev–Trinajstić information content (AvgIpc) is 2.59. The van der Waals surface area contributed by atoms with Gasteiger partial charge in [-0.1, -0.05) is 32.9 Å². The van der Waals surface area contributed by atoms with E-state index in [0.717, 1.165) is 6.42 Å². The monoisotopic (exact) mass is 182 g/mol. The van der Waals surface area contributed by atoms with Gasteiger partial charge in [0, 0.05) is 11.8 Å². The molecule has 1 fully saturated rings. The zero-order valence-corrected chi connectivity index (χ0v) is 8.53. The molecule has 13 heavy (non-hydrogen) atoms. The molecule has 74 valence electrons. The third-order valence-electron chi connectivity index (χ3n) is 3.93. The van der Waals surface area contributed by atoms with E-state index in [0.29, 0.717) is 0 Å². The molecule has 1 saturated heterocycles. The van der Waals surface area contributed by atoms with Crippen LogP contribution in [0, 0.1) is 11.8 Å². The van der Waals surface area contributed by atoms with Crippen LogP contribution in [-0.2, 0) is 4.74 Å². The third-order valence-corrected chi connectivity index (χ3v) is 3.93. The maximum absolute atomic E-state index is 10.5. The molecule has 0 aromatic heterocycles. The second-order valence-corrected chi connectivity index (χ2v) is 4.37. The van der Waals surface area contributed by atoms with Crippen LogP contribution < -0.4 is 0 Å². The molecule has 0 aromatic rings. The molecule has 2 aliphatic heterocycles. The molecule has 2 aliphatic rings. The quantitative estimate of drug-likeness (QED) is 0.626. The number of aliphatic hydroxyl groups is 1. The summed E-state index contributed by atoms with van der Waals surface area (Å²) in [6, 6.07) is 0. The zero-order valence-electron chi connectivity index (χ0n) is 8.53. The van der Waals surface area contributed by atoms with Gasteiger partial charge < -0.3 is 9.84 Å². The summed E-state index contributed by atoms with van der Waals surface area (Å²) in [5, 5.41) is 10.5. The standard InChI is InChI=1S/C11H18O2/c1-4-11(12)7(2)9-5-6-10(13-9)8(11)3/h5-10,12H,4H2,1-3H3/t7-,8?,9?,10?,11-/m1/s1. The molecule has 0 amide bonds. The van der Waals surface area contributed by atoms with Gasteiger partial charge in [0.2, 0.25) is 0 Å². The van der Waals surface area contributed by atoms with Crippen molar-refractivity contribution < 1.29 is 9.84 Å². The van der Waals surface area contributed by atoms with Gasteiger partial charge in [-0.25, -0.2) is 0 Å². The Balaban J connectivity index is 2.31. The molecule has 1 N–H and O–H groups in total. The summed E-state index contributed by atoms with van der Waals surface area (Å²) in [6.45, 7) is 6.21. The molecule has 5 atom stereocenters. The van der Waals surface area contributed by atoms with Crippen molar-refractivity contribution in [3.05, 3.63) is 12.2 Å². The van der Waals surface area contributed by atoms with E-state index in [9.17, 15) is 5.11 Å². The van der Waals surface area contributed by atoms with Crippen molar-refractivity contribution in [2.24, 2.45) is 11.8 Å². The van der Waals surface area contributed by atoms with Crippen molar-refractivity contribution in [3.8, 4) is 0 Å². The van der Waals surface area contributed by atoms with Gasteiger partial charge in [0.1, 0.15) is 0 Å². The molecule has 2 rings (SSSR count). The summed E-state index contributed by atoms with van der Waals surface area (Å²) in [5.41, 5.74) is -0.545. The molecule has 0 spiro atoms. The van der Waals surface area contributed by atoms with E-state index in [4.69, 9.17) is 4.74 Å². The lowest BCUT2D eigenvalue weighted by Crippen LogP contribution is -2.54. The van der Waals surface area contributed by atoms with Gasteiger partial charge in [-0.15, -0.1) is 0 Å². The fourth-order valence-electron chi connectivity index (χ4n) is 2.69. The fraction of sp³-hybridized carbons (Fsp3) is 0.818. The minimum absolute atomic E-state index is 0.131. The van der Waals surface area contributed by atoms with E-state index in [1.54, 1.807) is 0 Å². The van der Waals surface area contributed by atoms with Crippen LogP contribution in [0.15, 0.2) is 12.2 Å². The Morgan fingerprint density at radius 2 is 1.69 bits per heavy atom.